The molecule has 0 unspecified atom stereocenters. The molecule has 0 atom stereocenters. The Labute approximate surface area is 333 Å². The molecule has 0 spiro atoms. The van der Waals surface area contributed by atoms with Crippen LogP contribution in [-0.4, -0.2) is 42.6 Å². The topological polar surface area (TPSA) is 103 Å². The van der Waals surface area contributed by atoms with Gasteiger partial charge in [-0.3, -0.25) is 22.6 Å². The molecule has 11 heteroatoms. The number of hydrogen-bond donors (Lipinski definition) is 1. The number of phenolic OH excluding ortho intramolecular Hbond substituents is 1. The zero-order valence-electron chi connectivity index (χ0n) is 29.5. The molecule has 7 heterocycles. The first-order chi connectivity index (χ1) is 27.7. The number of fused-ring (bicyclic) bond motifs is 23. The molecule has 0 saturated carbocycles. The molecule has 14 aromatic rings. The molecular formula is C46H23N8O2Pt-. The average molecular weight is 915 g/mol. The van der Waals surface area contributed by atoms with Crippen LogP contribution in [0.3, 0.4) is 0 Å². The second-order valence-electron chi connectivity index (χ2n) is 14.4. The summed E-state index contributed by atoms with van der Waals surface area (Å²) in [6, 6.07) is 48.5. The van der Waals surface area contributed by atoms with E-state index in [1.54, 1.807) is 6.07 Å². The van der Waals surface area contributed by atoms with Crippen LogP contribution < -0.4 is 0 Å². The van der Waals surface area contributed by atoms with Crippen LogP contribution in [0.5, 0.6) is 5.75 Å². The van der Waals surface area contributed by atoms with E-state index in [1.165, 1.54) is 0 Å². The number of rotatable bonds is 1. The largest absolute Gasteiger partial charge is 0.506 e. The van der Waals surface area contributed by atoms with Gasteiger partial charge >= 0.3 is 0 Å². The van der Waals surface area contributed by atoms with Crippen molar-refractivity contribution >= 4 is 111 Å². The zero-order valence-corrected chi connectivity index (χ0v) is 31.7. The van der Waals surface area contributed by atoms with Crippen molar-refractivity contribution in [2.45, 2.75) is 0 Å². The van der Waals surface area contributed by atoms with Crippen LogP contribution in [0, 0.1) is 6.07 Å². The van der Waals surface area contributed by atoms with Crippen molar-refractivity contribution in [2.24, 2.45) is 0 Å². The number of aromatic hydroxyl groups is 1. The molecule has 270 valence electrons. The maximum atomic E-state index is 11.1. The van der Waals surface area contributed by atoms with Crippen LogP contribution in [0.1, 0.15) is 0 Å². The van der Waals surface area contributed by atoms with E-state index in [4.69, 9.17) is 24.4 Å². The van der Waals surface area contributed by atoms with Gasteiger partial charge in [-0.05, 0) is 66.2 Å². The van der Waals surface area contributed by atoms with Crippen molar-refractivity contribution in [3.05, 3.63) is 140 Å². The Morgan fingerprint density at radius 3 is 2.14 bits per heavy atom. The molecule has 14 rings (SSSR count). The fourth-order valence-corrected chi connectivity index (χ4v) is 9.10. The van der Waals surface area contributed by atoms with Gasteiger partial charge in [0.15, 0.2) is 0 Å². The van der Waals surface area contributed by atoms with Gasteiger partial charge in [0.1, 0.15) is 33.7 Å². The predicted octanol–water partition coefficient (Wildman–Crippen LogP) is 10.3. The summed E-state index contributed by atoms with van der Waals surface area (Å²) in [7, 11) is 0. The molecule has 10 nitrogen and oxygen atoms in total. The summed E-state index contributed by atoms with van der Waals surface area (Å²) >= 11 is 0. The van der Waals surface area contributed by atoms with Crippen molar-refractivity contribution in [1.82, 2.24) is 37.5 Å². The van der Waals surface area contributed by atoms with E-state index in [1.807, 2.05) is 59.0 Å². The van der Waals surface area contributed by atoms with Gasteiger partial charge in [-0.1, -0.05) is 66.2 Å². The summed E-state index contributed by atoms with van der Waals surface area (Å²) in [5.41, 5.74) is 13.5. The smallest absolute Gasteiger partial charge is 0.221 e. The van der Waals surface area contributed by atoms with Crippen molar-refractivity contribution in [3.63, 3.8) is 0 Å². The minimum Gasteiger partial charge on any atom is -0.506 e. The van der Waals surface area contributed by atoms with Crippen molar-refractivity contribution in [3.8, 4) is 16.9 Å². The summed E-state index contributed by atoms with van der Waals surface area (Å²) in [6.45, 7) is 0. The Morgan fingerprint density at radius 1 is 0.491 bits per heavy atom. The van der Waals surface area contributed by atoms with E-state index in [0.29, 0.717) is 16.8 Å². The van der Waals surface area contributed by atoms with E-state index in [2.05, 4.69) is 92.1 Å². The van der Waals surface area contributed by atoms with E-state index in [-0.39, 0.29) is 26.8 Å². The molecule has 57 heavy (non-hydrogen) atoms. The van der Waals surface area contributed by atoms with Gasteiger partial charge in [0.05, 0.1) is 38.6 Å². The van der Waals surface area contributed by atoms with E-state index in [0.717, 1.165) is 105 Å². The molecule has 0 aliphatic rings. The van der Waals surface area contributed by atoms with Gasteiger partial charge in [-0.25, -0.2) is 15.0 Å². The van der Waals surface area contributed by atoms with Crippen LogP contribution in [0.25, 0.3) is 122 Å². The van der Waals surface area contributed by atoms with E-state index < -0.39 is 0 Å². The maximum Gasteiger partial charge on any atom is 0.221 e. The minimum atomic E-state index is 0. The fourth-order valence-electron chi connectivity index (χ4n) is 9.10. The van der Waals surface area contributed by atoms with Crippen LogP contribution in [0.4, 0.5) is 0 Å². The molecular weight excluding hydrogens is 892 g/mol. The monoisotopic (exact) mass is 914 g/mol. The molecule has 7 aromatic heterocycles. The SMILES string of the molecule is Oc1cccc2nc3c4ccccc4n4c5cccc(-c6[c-]c7c(cc6)nc6c8cc9oc%10ccccc%10c9cc8n8c9ccccc9nc8n76)c5nc4n3c12.[Pt]. The summed E-state index contributed by atoms with van der Waals surface area (Å²) in [5.74, 6) is 1.57. The summed E-state index contributed by atoms with van der Waals surface area (Å²) < 4.78 is 14.9. The molecule has 0 bridgehead atoms. The molecule has 0 saturated heterocycles. The third kappa shape index (κ3) is 3.82. The first kappa shape index (κ1) is 31.0. The number of para-hydroxylation sites is 6. The summed E-state index contributed by atoms with van der Waals surface area (Å²) in [6.07, 6.45) is 0. The zero-order chi connectivity index (χ0) is 36.4. The molecule has 0 amide bonds. The number of benzene rings is 7. The number of hydrogen-bond acceptors (Lipinski definition) is 6. The summed E-state index contributed by atoms with van der Waals surface area (Å²) in [4.78, 5) is 20.8. The number of furan rings is 1. The predicted molar refractivity (Wildman–Crippen MR) is 220 cm³/mol. The average Bonchev–Trinajstić information content (AvgIpc) is 4.05. The van der Waals surface area contributed by atoms with Crippen molar-refractivity contribution in [1.29, 1.82) is 0 Å². The number of phenols is 1. The van der Waals surface area contributed by atoms with Gasteiger partial charge in [0.25, 0.3) is 0 Å². The second-order valence-corrected chi connectivity index (χ2v) is 14.4. The standard InChI is InChI=1S/C46H23N8O2.Pt/c55-38-17-8-13-32-42(38)54-43(48-32)27-10-1-4-14-33(27)51-35-16-7-11-25(41(35)50-46(51)54)24-19-20-31-37(21-24)53-44(47-31)29-23-40-28(26-9-2-6-18-39(26)56-40)22-36(29)52-34-15-5-3-12-30(34)49-45(52)53;/h1-20,22-23,55H;/q-1;. The van der Waals surface area contributed by atoms with Gasteiger partial charge in [0, 0.05) is 48.1 Å². The molecule has 0 aliphatic heterocycles. The van der Waals surface area contributed by atoms with Crippen molar-refractivity contribution < 1.29 is 30.6 Å². The molecule has 0 radical (unpaired) electrons. The molecule has 1 N–H and O–H groups in total. The van der Waals surface area contributed by atoms with Gasteiger partial charge in [0.2, 0.25) is 11.6 Å². The fraction of sp³-hybridized carbons (Fsp3) is 0. The summed E-state index contributed by atoms with van der Waals surface area (Å²) in [5, 5.41) is 15.1. The van der Waals surface area contributed by atoms with Crippen molar-refractivity contribution in [2.75, 3.05) is 0 Å². The quantitative estimate of drug-likeness (QED) is 0.165. The Kier molecular flexibility index (Phi) is 5.82. The first-order valence-corrected chi connectivity index (χ1v) is 18.4. The van der Waals surface area contributed by atoms with Gasteiger partial charge in [-0.15, -0.1) is 23.8 Å². The number of imidazole rings is 4. The van der Waals surface area contributed by atoms with Crippen LogP contribution in [0.15, 0.2) is 138 Å². The molecule has 7 aromatic carbocycles. The second kappa shape index (κ2) is 10.7. The first-order valence-electron chi connectivity index (χ1n) is 18.4. The number of nitrogens with zero attached hydrogens (tertiary/aromatic N) is 8. The Bertz CT molecular complexity index is 4090. The molecule has 0 fully saturated rings. The van der Waals surface area contributed by atoms with E-state index in [9.17, 15) is 5.11 Å². The third-order valence-corrected chi connectivity index (χ3v) is 11.5. The normalized spacial score (nSPS) is 12.5. The van der Waals surface area contributed by atoms with Gasteiger partial charge < -0.3 is 9.52 Å². The van der Waals surface area contributed by atoms with E-state index >= 15 is 0 Å². The third-order valence-electron chi connectivity index (χ3n) is 11.5. The van der Waals surface area contributed by atoms with Crippen LogP contribution >= 0.6 is 0 Å². The van der Waals surface area contributed by atoms with Crippen LogP contribution in [0.2, 0.25) is 0 Å². The Balaban J connectivity index is 0.00000340. The Morgan fingerprint density at radius 2 is 1.21 bits per heavy atom. The Hall–Kier alpha value is -7.29. The number of aromatic nitrogens is 8. The maximum absolute atomic E-state index is 11.1. The minimum absolute atomic E-state index is 0. The van der Waals surface area contributed by atoms with Gasteiger partial charge in [-0.2, -0.15) is 0 Å². The van der Waals surface area contributed by atoms with Crippen LogP contribution in [-0.2, 0) is 21.1 Å². The molecule has 0 aliphatic carbocycles.